The number of ether oxygens (including phenoxy) is 1. The molecule has 2 aliphatic heterocycles. The summed E-state index contributed by atoms with van der Waals surface area (Å²) in [6, 6.07) is 0.704. The summed E-state index contributed by atoms with van der Waals surface area (Å²) in [5, 5.41) is 3.39. The van der Waals surface area contributed by atoms with Crippen molar-refractivity contribution in [3.63, 3.8) is 0 Å². The molecule has 0 aliphatic carbocycles. The Balaban J connectivity index is 2.04. The van der Waals surface area contributed by atoms with Crippen molar-refractivity contribution in [3.05, 3.63) is 0 Å². The highest BCUT2D eigenvalue weighted by molar-refractivity contribution is 4.88. The summed E-state index contributed by atoms with van der Waals surface area (Å²) in [6.07, 6.45) is 3.02. The lowest BCUT2D eigenvalue weighted by Crippen LogP contribution is -2.24. The monoisotopic (exact) mass is 113 g/mol. The minimum absolute atomic E-state index is 0.565. The normalized spacial score (nSPS) is 45.0. The first-order valence-corrected chi connectivity index (χ1v) is 3.32. The van der Waals surface area contributed by atoms with Crippen LogP contribution in [0.5, 0.6) is 0 Å². The molecule has 2 unspecified atom stereocenters. The number of hydrogen-bond donors (Lipinski definition) is 1. The summed E-state index contributed by atoms with van der Waals surface area (Å²) in [6.45, 7) is 2.14. The molecule has 0 aromatic rings. The van der Waals surface area contributed by atoms with Crippen LogP contribution in [-0.4, -0.2) is 25.3 Å². The fourth-order valence-electron chi connectivity index (χ4n) is 1.58. The lowest BCUT2D eigenvalue weighted by atomic mass is 10.2. The highest BCUT2D eigenvalue weighted by Crippen LogP contribution is 2.20. The van der Waals surface area contributed by atoms with E-state index >= 15 is 0 Å². The average Bonchev–Trinajstić information content (AvgIpc) is 2.15. The van der Waals surface area contributed by atoms with Gasteiger partial charge < -0.3 is 10.1 Å². The standard InChI is InChI=1S/C6H11NO/c1-3-7-5-2-4-8-6(1)5/h5-7H,1-4H2. The zero-order chi connectivity index (χ0) is 5.40. The van der Waals surface area contributed by atoms with Crippen LogP contribution >= 0.6 is 0 Å². The number of fused-ring (bicyclic) bond motifs is 1. The lowest BCUT2D eigenvalue weighted by molar-refractivity contribution is 0.112. The second-order valence-electron chi connectivity index (χ2n) is 2.55. The summed E-state index contributed by atoms with van der Waals surface area (Å²) >= 11 is 0. The molecule has 2 heterocycles. The minimum atomic E-state index is 0.565. The SMILES string of the molecule is C1CC2OCCC2N1. The van der Waals surface area contributed by atoms with E-state index in [0.29, 0.717) is 12.1 Å². The lowest BCUT2D eigenvalue weighted by Gasteiger charge is -2.04. The van der Waals surface area contributed by atoms with E-state index in [1.807, 2.05) is 0 Å². The predicted molar refractivity (Wildman–Crippen MR) is 30.8 cm³/mol. The maximum atomic E-state index is 5.41. The van der Waals surface area contributed by atoms with Crippen molar-refractivity contribution < 1.29 is 4.74 Å². The van der Waals surface area contributed by atoms with Crippen LogP contribution < -0.4 is 5.32 Å². The van der Waals surface area contributed by atoms with Crippen molar-refractivity contribution in [2.24, 2.45) is 0 Å². The van der Waals surface area contributed by atoms with Gasteiger partial charge in [-0.3, -0.25) is 0 Å². The van der Waals surface area contributed by atoms with Gasteiger partial charge in [-0.15, -0.1) is 0 Å². The molecule has 2 saturated heterocycles. The third-order valence-electron chi connectivity index (χ3n) is 2.04. The summed E-state index contributed by atoms with van der Waals surface area (Å²) in [7, 11) is 0. The molecule has 8 heavy (non-hydrogen) atoms. The Morgan fingerprint density at radius 2 is 2.38 bits per heavy atom. The molecular formula is C6H11NO. The third-order valence-corrected chi connectivity index (χ3v) is 2.04. The van der Waals surface area contributed by atoms with E-state index in [-0.39, 0.29) is 0 Å². The zero-order valence-electron chi connectivity index (χ0n) is 4.89. The largest absolute Gasteiger partial charge is 0.376 e. The molecule has 2 atom stereocenters. The van der Waals surface area contributed by atoms with Gasteiger partial charge in [0.15, 0.2) is 0 Å². The number of nitrogens with one attached hydrogen (secondary N) is 1. The summed E-state index contributed by atoms with van der Waals surface area (Å²) < 4.78 is 5.41. The maximum Gasteiger partial charge on any atom is 0.0740 e. The van der Waals surface area contributed by atoms with Crippen molar-refractivity contribution in [2.75, 3.05) is 13.2 Å². The van der Waals surface area contributed by atoms with E-state index in [9.17, 15) is 0 Å². The van der Waals surface area contributed by atoms with Crippen molar-refractivity contribution in [3.8, 4) is 0 Å². The number of hydrogen-bond acceptors (Lipinski definition) is 2. The summed E-state index contributed by atoms with van der Waals surface area (Å²) in [5.74, 6) is 0. The van der Waals surface area contributed by atoms with Crippen LogP contribution in [0, 0.1) is 0 Å². The van der Waals surface area contributed by atoms with Gasteiger partial charge in [-0.05, 0) is 19.4 Å². The van der Waals surface area contributed by atoms with Gasteiger partial charge in [0.25, 0.3) is 0 Å². The second kappa shape index (κ2) is 1.71. The zero-order valence-corrected chi connectivity index (χ0v) is 4.89. The molecule has 0 radical (unpaired) electrons. The minimum Gasteiger partial charge on any atom is -0.376 e. The molecule has 2 rings (SSSR count). The molecule has 0 bridgehead atoms. The predicted octanol–water partition coefficient (Wildman–Crippen LogP) is 0.137. The fourth-order valence-corrected chi connectivity index (χ4v) is 1.58. The molecule has 0 aromatic heterocycles. The van der Waals surface area contributed by atoms with Gasteiger partial charge in [0.05, 0.1) is 6.10 Å². The maximum absolute atomic E-state index is 5.41. The van der Waals surface area contributed by atoms with Gasteiger partial charge >= 0.3 is 0 Å². The Kier molecular flexibility index (Phi) is 1.02. The van der Waals surface area contributed by atoms with Gasteiger partial charge in [0.2, 0.25) is 0 Å². The van der Waals surface area contributed by atoms with Crippen LogP contribution in [0.15, 0.2) is 0 Å². The highest BCUT2D eigenvalue weighted by Gasteiger charge is 2.31. The van der Waals surface area contributed by atoms with Gasteiger partial charge in [-0.25, -0.2) is 0 Å². The fraction of sp³-hybridized carbons (Fsp3) is 1.00. The van der Waals surface area contributed by atoms with E-state index in [1.54, 1.807) is 0 Å². The first-order valence-electron chi connectivity index (χ1n) is 3.32. The van der Waals surface area contributed by atoms with Crippen LogP contribution in [0.3, 0.4) is 0 Å². The first kappa shape index (κ1) is 4.77. The smallest absolute Gasteiger partial charge is 0.0740 e. The van der Waals surface area contributed by atoms with E-state index in [1.165, 1.54) is 12.8 Å². The Morgan fingerprint density at radius 3 is 3.25 bits per heavy atom. The Morgan fingerprint density at radius 1 is 1.38 bits per heavy atom. The van der Waals surface area contributed by atoms with E-state index in [4.69, 9.17) is 4.74 Å². The molecule has 46 valence electrons. The second-order valence-corrected chi connectivity index (χ2v) is 2.55. The van der Waals surface area contributed by atoms with Crippen molar-refractivity contribution in [1.29, 1.82) is 0 Å². The Hall–Kier alpha value is -0.0800. The number of rotatable bonds is 0. The average molecular weight is 113 g/mol. The van der Waals surface area contributed by atoms with Crippen LogP contribution in [0.2, 0.25) is 0 Å². The molecule has 0 spiro atoms. The molecule has 2 heteroatoms. The van der Waals surface area contributed by atoms with Crippen LogP contribution in [0.1, 0.15) is 12.8 Å². The molecular weight excluding hydrogens is 102 g/mol. The molecule has 0 amide bonds. The van der Waals surface area contributed by atoms with Crippen molar-refractivity contribution in [2.45, 2.75) is 25.0 Å². The van der Waals surface area contributed by atoms with Gasteiger partial charge in [0, 0.05) is 12.6 Å². The third kappa shape index (κ3) is 0.565. The molecule has 2 fully saturated rings. The van der Waals surface area contributed by atoms with E-state index in [2.05, 4.69) is 5.32 Å². The van der Waals surface area contributed by atoms with E-state index in [0.717, 1.165) is 13.2 Å². The summed E-state index contributed by atoms with van der Waals surface area (Å²) in [5.41, 5.74) is 0. The van der Waals surface area contributed by atoms with Gasteiger partial charge in [0.1, 0.15) is 0 Å². The van der Waals surface area contributed by atoms with Crippen LogP contribution in [-0.2, 0) is 4.74 Å². The Labute approximate surface area is 49.2 Å². The molecule has 0 aromatic carbocycles. The molecule has 2 aliphatic rings. The van der Waals surface area contributed by atoms with Crippen LogP contribution in [0.4, 0.5) is 0 Å². The topological polar surface area (TPSA) is 21.3 Å². The van der Waals surface area contributed by atoms with Crippen molar-refractivity contribution in [1.82, 2.24) is 5.32 Å². The van der Waals surface area contributed by atoms with Gasteiger partial charge in [-0.1, -0.05) is 0 Å². The van der Waals surface area contributed by atoms with Gasteiger partial charge in [-0.2, -0.15) is 0 Å². The molecule has 0 saturated carbocycles. The highest BCUT2D eigenvalue weighted by atomic mass is 16.5. The Bertz CT molecular complexity index is 74.5. The quantitative estimate of drug-likeness (QED) is 0.482. The van der Waals surface area contributed by atoms with Crippen molar-refractivity contribution >= 4 is 0 Å². The molecule has 1 N–H and O–H groups in total. The summed E-state index contributed by atoms with van der Waals surface area (Å²) in [4.78, 5) is 0. The van der Waals surface area contributed by atoms with E-state index < -0.39 is 0 Å². The first-order chi connectivity index (χ1) is 3.97. The van der Waals surface area contributed by atoms with Crippen LogP contribution in [0.25, 0.3) is 0 Å². The molecule has 2 nitrogen and oxygen atoms in total.